The first kappa shape index (κ1) is 17.1. The highest BCUT2D eigenvalue weighted by Crippen LogP contribution is 2.30. The highest BCUT2D eigenvalue weighted by Gasteiger charge is 2.25. The zero-order valence-electron chi connectivity index (χ0n) is 13.8. The topological polar surface area (TPSA) is 49.8 Å². The van der Waals surface area contributed by atoms with E-state index in [9.17, 15) is 0 Å². The second kappa shape index (κ2) is 6.66. The highest BCUT2D eigenvalue weighted by atomic mass is 32.2. The largest absolute Gasteiger partial charge is 0.370 e. The lowest BCUT2D eigenvalue weighted by molar-refractivity contribution is 0.302. The van der Waals surface area contributed by atoms with Crippen molar-refractivity contribution in [3.8, 4) is 0 Å². The Morgan fingerprint density at radius 2 is 1.70 bits per heavy atom. The molecule has 0 aliphatic carbocycles. The molecule has 0 fully saturated rings. The van der Waals surface area contributed by atoms with Gasteiger partial charge in [0.15, 0.2) is 5.16 Å². The van der Waals surface area contributed by atoms with Gasteiger partial charge in [-0.25, -0.2) is 9.97 Å². The van der Waals surface area contributed by atoms with Crippen LogP contribution in [-0.2, 0) is 0 Å². The minimum atomic E-state index is -0.00817. The van der Waals surface area contributed by atoms with Crippen LogP contribution >= 0.6 is 11.8 Å². The number of hydrogen-bond acceptors (Lipinski definition) is 5. The zero-order valence-corrected chi connectivity index (χ0v) is 14.6. The summed E-state index contributed by atoms with van der Waals surface area (Å²) in [6.07, 6.45) is 3.06. The molecule has 2 N–H and O–H groups in total. The molecule has 0 bridgehead atoms. The van der Waals surface area contributed by atoms with Gasteiger partial charge in [0, 0.05) is 18.2 Å². The van der Waals surface area contributed by atoms with Gasteiger partial charge >= 0.3 is 0 Å². The van der Waals surface area contributed by atoms with Crippen molar-refractivity contribution in [2.75, 3.05) is 23.4 Å². The molecular formula is C15H28N4S. The molecule has 1 rings (SSSR count). The van der Waals surface area contributed by atoms with E-state index >= 15 is 0 Å². The van der Waals surface area contributed by atoms with Gasteiger partial charge in [-0.3, -0.25) is 0 Å². The third kappa shape index (κ3) is 5.99. The standard InChI is InChI=1S/C15H28N4S/c1-8-16-11-9-12(18-13(17-11)20-7)19-15(5,6)10-14(2,3)4/h9H,8,10H2,1-7H3,(H2,16,17,18,19). The van der Waals surface area contributed by atoms with Gasteiger partial charge in [-0.2, -0.15) is 0 Å². The predicted octanol–water partition coefficient (Wildman–Crippen LogP) is 4.26. The highest BCUT2D eigenvalue weighted by molar-refractivity contribution is 7.98. The normalized spacial score (nSPS) is 12.3. The summed E-state index contributed by atoms with van der Waals surface area (Å²) in [6, 6.07) is 1.98. The first-order valence-corrected chi connectivity index (χ1v) is 8.33. The molecule has 4 nitrogen and oxygen atoms in total. The Labute approximate surface area is 127 Å². The van der Waals surface area contributed by atoms with Gasteiger partial charge in [0.05, 0.1) is 0 Å². The van der Waals surface area contributed by atoms with Crippen LogP contribution in [0.2, 0.25) is 0 Å². The lowest BCUT2D eigenvalue weighted by Crippen LogP contribution is -2.35. The number of thioether (sulfide) groups is 1. The molecule has 0 amide bonds. The third-order valence-electron chi connectivity index (χ3n) is 2.68. The molecule has 0 saturated carbocycles. The molecule has 0 aromatic carbocycles. The molecule has 0 aliphatic heterocycles. The third-order valence-corrected chi connectivity index (χ3v) is 3.23. The lowest BCUT2D eigenvalue weighted by atomic mass is 9.82. The molecule has 0 saturated heterocycles. The molecule has 0 radical (unpaired) electrons. The summed E-state index contributed by atoms with van der Waals surface area (Å²) in [5.41, 5.74) is 0.266. The molecule has 1 aromatic heterocycles. The average Bonchev–Trinajstić information content (AvgIpc) is 2.24. The smallest absolute Gasteiger partial charge is 0.191 e. The van der Waals surface area contributed by atoms with Crippen LogP contribution in [0.15, 0.2) is 11.2 Å². The fraction of sp³-hybridized carbons (Fsp3) is 0.733. The fourth-order valence-corrected chi connectivity index (χ4v) is 2.95. The summed E-state index contributed by atoms with van der Waals surface area (Å²) in [6.45, 7) is 14.1. The number of rotatable bonds is 6. The Morgan fingerprint density at radius 1 is 1.10 bits per heavy atom. The maximum absolute atomic E-state index is 4.55. The molecular weight excluding hydrogens is 268 g/mol. The molecule has 1 aromatic rings. The molecule has 1 heterocycles. The van der Waals surface area contributed by atoms with Crippen LogP contribution in [0.4, 0.5) is 11.6 Å². The Morgan fingerprint density at radius 3 is 2.20 bits per heavy atom. The van der Waals surface area contributed by atoms with Gasteiger partial charge in [0.1, 0.15) is 11.6 Å². The van der Waals surface area contributed by atoms with E-state index in [0.29, 0.717) is 0 Å². The van der Waals surface area contributed by atoms with Crippen molar-refractivity contribution in [3.05, 3.63) is 6.07 Å². The minimum Gasteiger partial charge on any atom is -0.370 e. The van der Waals surface area contributed by atoms with E-state index in [-0.39, 0.29) is 11.0 Å². The van der Waals surface area contributed by atoms with E-state index in [1.165, 1.54) is 0 Å². The summed E-state index contributed by atoms with van der Waals surface area (Å²) >= 11 is 1.56. The maximum atomic E-state index is 4.55. The minimum absolute atomic E-state index is 0.00817. The maximum Gasteiger partial charge on any atom is 0.191 e. The monoisotopic (exact) mass is 296 g/mol. The zero-order chi connectivity index (χ0) is 15.4. The summed E-state index contributed by atoms with van der Waals surface area (Å²) in [5.74, 6) is 1.76. The van der Waals surface area contributed by atoms with Gasteiger partial charge in [-0.1, -0.05) is 32.5 Å². The van der Waals surface area contributed by atoms with E-state index in [4.69, 9.17) is 0 Å². The van der Waals surface area contributed by atoms with Crippen molar-refractivity contribution in [2.45, 2.75) is 58.7 Å². The molecule has 0 atom stereocenters. The van der Waals surface area contributed by atoms with E-state index in [1.54, 1.807) is 11.8 Å². The van der Waals surface area contributed by atoms with E-state index in [0.717, 1.165) is 29.8 Å². The van der Waals surface area contributed by atoms with Crippen molar-refractivity contribution < 1.29 is 0 Å². The second-order valence-electron chi connectivity index (χ2n) is 6.90. The average molecular weight is 296 g/mol. The molecule has 0 unspecified atom stereocenters. The van der Waals surface area contributed by atoms with Crippen LogP contribution in [0.25, 0.3) is 0 Å². The van der Waals surface area contributed by atoms with Crippen LogP contribution < -0.4 is 10.6 Å². The SMILES string of the molecule is CCNc1cc(NC(C)(C)CC(C)(C)C)nc(SC)n1. The Kier molecular flexibility index (Phi) is 5.68. The summed E-state index contributed by atoms with van der Waals surface area (Å²) < 4.78 is 0. The lowest BCUT2D eigenvalue weighted by Gasteiger charge is -2.33. The van der Waals surface area contributed by atoms with Crippen molar-refractivity contribution in [1.82, 2.24) is 9.97 Å². The fourth-order valence-electron chi connectivity index (χ4n) is 2.57. The van der Waals surface area contributed by atoms with Gasteiger partial charge in [0.25, 0.3) is 0 Å². The van der Waals surface area contributed by atoms with E-state index in [2.05, 4.69) is 62.1 Å². The van der Waals surface area contributed by atoms with E-state index in [1.807, 2.05) is 12.3 Å². The Bertz CT molecular complexity index is 438. The van der Waals surface area contributed by atoms with Crippen molar-refractivity contribution in [1.29, 1.82) is 0 Å². The van der Waals surface area contributed by atoms with Crippen LogP contribution in [0.1, 0.15) is 48.0 Å². The molecule has 114 valence electrons. The Hall–Kier alpha value is -0.970. The first-order valence-electron chi connectivity index (χ1n) is 7.10. The van der Waals surface area contributed by atoms with Crippen LogP contribution in [0.5, 0.6) is 0 Å². The van der Waals surface area contributed by atoms with Crippen LogP contribution in [0, 0.1) is 5.41 Å². The van der Waals surface area contributed by atoms with Crippen molar-refractivity contribution in [3.63, 3.8) is 0 Å². The molecule has 5 heteroatoms. The number of nitrogens with zero attached hydrogens (tertiary/aromatic N) is 2. The molecule has 20 heavy (non-hydrogen) atoms. The van der Waals surface area contributed by atoms with Crippen molar-refractivity contribution >= 4 is 23.4 Å². The second-order valence-corrected chi connectivity index (χ2v) is 7.68. The first-order chi connectivity index (χ1) is 9.15. The summed E-state index contributed by atoms with van der Waals surface area (Å²) in [7, 11) is 0. The van der Waals surface area contributed by atoms with Crippen LogP contribution in [-0.4, -0.2) is 28.3 Å². The number of aromatic nitrogens is 2. The summed E-state index contributed by atoms with van der Waals surface area (Å²) in [4.78, 5) is 9.00. The Balaban J connectivity index is 2.92. The van der Waals surface area contributed by atoms with Crippen molar-refractivity contribution in [2.24, 2.45) is 5.41 Å². The van der Waals surface area contributed by atoms with Gasteiger partial charge in [-0.05, 0) is 38.9 Å². The van der Waals surface area contributed by atoms with Crippen LogP contribution in [0.3, 0.4) is 0 Å². The number of anilines is 2. The molecule has 0 aliphatic rings. The quantitative estimate of drug-likeness (QED) is 0.607. The van der Waals surface area contributed by atoms with Gasteiger partial charge in [-0.15, -0.1) is 0 Å². The van der Waals surface area contributed by atoms with Gasteiger partial charge in [0.2, 0.25) is 0 Å². The summed E-state index contributed by atoms with van der Waals surface area (Å²) in [5, 5.41) is 7.59. The van der Waals surface area contributed by atoms with E-state index < -0.39 is 0 Å². The van der Waals surface area contributed by atoms with Gasteiger partial charge < -0.3 is 10.6 Å². The number of hydrogen-bond donors (Lipinski definition) is 2. The molecule has 0 spiro atoms. The predicted molar refractivity (Wildman–Crippen MR) is 89.8 cm³/mol. The number of nitrogens with one attached hydrogen (secondary N) is 2.